The number of ether oxygens (including phenoxy) is 2. The predicted molar refractivity (Wildman–Crippen MR) is 64.5 cm³/mol. The van der Waals surface area contributed by atoms with Gasteiger partial charge in [-0.15, -0.1) is 0 Å². The van der Waals surface area contributed by atoms with E-state index < -0.39 is 5.79 Å². The maximum atomic E-state index is 11.7. The molecule has 0 N–H and O–H groups in total. The maximum absolute atomic E-state index is 11.7. The first kappa shape index (κ1) is 15.7. The summed E-state index contributed by atoms with van der Waals surface area (Å²) in [5.74, 6) is -2.43. The average molecular weight is 270 g/mol. The Morgan fingerprint density at radius 2 is 1.21 bits per heavy atom. The Morgan fingerprint density at radius 1 is 0.842 bits per heavy atom. The average Bonchev–Trinajstić information content (AvgIpc) is 2.62. The van der Waals surface area contributed by atoms with Crippen molar-refractivity contribution in [1.29, 1.82) is 0 Å². The normalized spacial score (nSPS) is 17.2. The van der Waals surface area contributed by atoms with E-state index in [0.717, 1.165) is 0 Å². The van der Waals surface area contributed by atoms with Crippen molar-refractivity contribution in [3.8, 4) is 0 Å². The van der Waals surface area contributed by atoms with E-state index in [1.54, 1.807) is 0 Å². The van der Waals surface area contributed by atoms with Crippen LogP contribution in [0.1, 0.15) is 39.5 Å². The lowest BCUT2D eigenvalue weighted by atomic mass is 9.98. The third-order valence-corrected chi connectivity index (χ3v) is 2.64. The molecule has 0 unspecified atom stereocenters. The molecule has 0 saturated carbocycles. The van der Waals surface area contributed by atoms with Crippen molar-refractivity contribution in [2.45, 2.75) is 45.3 Å². The first-order valence-corrected chi connectivity index (χ1v) is 6.13. The molecule has 0 spiro atoms. The van der Waals surface area contributed by atoms with Gasteiger partial charge in [-0.3, -0.25) is 19.2 Å². The monoisotopic (exact) mass is 270 g/mol. The fourth-order valence-corrected chi connectivity index (χ4v) is 2.04. The van der Waals surface area contributed by atoms with E-state index in [9.17, 15) is 19.2 Å². The van der Waals surface area contributed by atoms with E-state index in [0.29, 0.717) is 13.2 Å². The number of carbonyl (C=O) groups is 4. The van der Waals surface area contributed by atoms with E-state index in [-0.39, 0.29) is 48.8 Å². The topological polar surface area (TPSA) is 86.7 Å². The molecule has 0 aliphatic carbocycles. The van der Waals surface area contributed by atoms with Crippen molar-refractivity contribution in [1.82, 2.24) is 0 Å². The number of carbonyl (C=O) groups excluding carboxylic acids is 4. The summed E-state index contributed by atoms with van der Waals surface area (Å²) in [6, 6.07) is 0. The Labute approximate surface area is 111 Å². The number of rotatable bonds is 8. The standard InChI is InChI=1S/C13H18O6/c1-9(14)5-11(16)7-13(18-3-4-19-13)8-12(17)6-10(2)15/h3-8H2,1-2H3. The first-order valence-electron chi connectivity index (χ1n) is 6.13. The minimum absolute atomic E-state index is 0.143. The number of hydrogen-bond donors (Lipinski definition) is 0. The smallest absolute Gasteiger partial charge is 0.182 e. The molecule has 6 nitrogen and oxygen atoms in total. The third-order valence-electron chi connectivity index (χ3n) is 2.64. The Morgan fingerprint density at radius 3 is 1.53 bits per heavy atom. The maximum Gasteiger partial charge on any atom is 0.182 e. The molecule has 106 valence electrons. The van der Waals surface area contributed by atoms with Gasteiger partial charge < -0.3 is 9.47 Å². The number of hydrogen-bond acceptors (Lipinski definition) is 6. The van der Waals surface area contributed by atoms with Crippen LogP contribution in [0.3, 0.4) is 0 Å². The van der Waals surface area contributed by atoms with Crippen LogP contribution in [0, 0.1) is 0 Å². The zero-order valence-electron chi connectivity index (χ0n) is 11.2. The van der Waals surface area contributed by atoms with Gasteiger partial charge in [0.25, 0.3) is 0 Å². The zero-order valence-corrected chi connectivity index (χ0v) is 11.2. The summed E-state index contributed by atoms with van der Waals surface area (Å²) >= 11 is 0. The lowest BCUT2D eigenvalue weighted by Gasteiger charge is -2.25. The molecule has 0 bridgehead atoms. The fourth-order valence-electron chi connectivity index (χ4n) is 2.04. The largest absolute Gasteiger partial charge is 0.347 e. The molecule has 1 heterocycles. The molecule has 6 heteroatoms. The van der Waals surface area contributed by atoms with Crippen LogP contribution < -0.4 is 0 Å². The minimum Gasteiger partial charge on any atom is -0.347 e. The molecule has 0 amide bonds. The van der Waals surface area contributed by atoms with E-state index in [1.165, 1.54) is 13.8 Å². The van der Waals surface area contributed by atoms with Gasteiger partial charge >= 0.3 is 0 Å². The third kappa shape index (κ3) is 5.40. The predicted octanol–water partition coefficient (Wildman–Crippen LogP) is 0.606. The van der Waals surface area contributed by atoms with Crippen molar-refractivity contribution in [2.75, 3.05) is 13.2 Å². The van der Waals surface area contributed by atoms with Crippen molar-refractivity contribution < 1.29 is 28.7 Å². The second-order valence-electron chi connectivity index (χ2n) is 4.80. The molecular formula is C13H18O6. The van der Waals surface area contributed by atoms with Gasteiger partial charge in [0.05, 0.1) is 38.9 Å². The van der Waals surface area contributed by atoms with Crippen molar-refractivity contribution >= 4 is 23.1 Å². The Bertz CT molecular complexity index is 360. The van der Waals surface area contributed by atoms with Crippen LogP contribution in [0.25, 0.3) is 0 Å². The quantitative estimate of drug-likeness (QED) is 0.600. The molecule has 1 saturated heterocycles. The van der Waals surface area contributed by atoms with E-state index in [4.69, 9.17) is 9.47 Å². The van der Waals surface area contributed by atoms with Gasteiger partial charge in [0.1, 0.15) is 23.1 Å². The molecule has 1 aliphatic rings. The molecule has 1 rings (SSSR count). The Balaban J connectivity index is 2.64. The highest BCUT2D eigenvalue weighted by molar-refractivity contribution is 6.00. The van der Waals surface area contributed by atoms with Gasteiger partial charge in [-0.05, 0) is 13.8 Å². The summed E-state index contributed by atoms with van der Waals surface area (Å²) < 4.78 is 10.7. The van der Waals surface area contributed by atoms with Crippen LogP contribution in [0.5, 0.6) is 0 Å². The highest BCUT2D eigenvalue weighted by Crippen LogP contribution is 2.29. The van der Waals surface area contributed by atoms with Crippen molar-refractivity contribution in [2.24, 2.45) is 0 Å². The molecule has 19 heavy (non-hydrogen) atoms. The van der Waals surface area contributed by atoms with Gasteiger partial charge in [-0.1, -0.05) is 0 Å². The van der Waals surface area contributed by atoms with Crippen LogP contribution in [0.15, 0.2) is 0 Å². The zero-order chi connectivity index (χ0) is 14.5. The van der Waals surface area contributed by atoms with Gasteiger partial charge in [-0.25, -0.2) is 0 Å². The molecule has 1 fully saturated rings. The molecule has 0 aromatic carbocycles. The van der Waals surface area contributed by atoms with Crippen molar-refractivity contribution in [3.05, 3.63) is 0 Å². The van der Waals surface area contributed by atoms with Gasteiger partial charge in [0, 0.05) is 0 Å². The number of ketones is 4. The lowest BCUT2D eigenvalue weighted by Crippen LogP contribution is -2.36. The van der Waals surface area contributed by atoms with Crippen LogP contribution in [0.4, 0.5) is 0 Å². The molecule has 0 atom stereocenters. The Kier molecular flexibility index (Phi) is 5.50. The van der Waals surface area contributed by atoms with Gasteiger partial charge in [0.15, 0.2) is 5.79 Å². The summed E-state index contributed by atoms with van der Waals surface area (Å²) in [6.45, 7) is 3.23. The van der Waals surface area contributed by atoms with E-state index in [1.807, 2.05) is 0 Å². The van der Waals surface area contributed by atoms with E-state index >= 15 is 0 Å². The first-order chi connectivity index (χ1) is 8.83. The summed E-state index contributed by atoms with van der Waals surface area (Å²) in [4.78, 5) is 45.1. The second-order valence-corrected chi connectivity index (χ2v) is 4.80. The molecule has 0 radical (unpaired) electrons. The van der Waals surface area contributed by atoms with Gasteiger partial charge in [-0.2, -0.15) is 0 Å². The lowest BCUT2D eigenvalue weighted by molar-refractivity contribution is -0.175. The Hall–Kier alpha value is -1.40. The van der Waals surface area contributed by atoms with Crippen LogP contribution in [-0.2, 0) is 28.7 Å². The summed E-state index contributed by atoms with van der Waals surface area (Å²) in [6.07, 6.45) is -0.683. The van der Waals surface area contributed by atoms with Crippen LogP contribution in [-0.4, -0.2) is 42.1 Å². The molecule has 1 aliphatic heterocycles. The van der Waals surface area contributed by atoms with Crippen molar-refractivity contribution in [3.63, 3.8) is 0 Å². The van der Waals surface area contributed by atoms with Crippen LogP contribution in [0.2, 0.25) is 0 Å². The minimum atomic E-state index is -1.29. The molecule has 0 aromatic heterocycles. The summed E-state index contributed by atoms with van der Waals surface area (Å²) in [5.41, 5.74) is 0. The molecular weight excluding hydrogens is 252 g/mol. The summed E-state index contributed by atoms with van der Waals surface area (Å²) in [5, 5.41) is 0. The highest BCUT2D eigenvalue weighted by atomic mass is 16.7. The van der Waals surface area contributed by atoms with E-state index in [2.05, 4.69) is 0 Å². The summed E-state index contributed by atoms with van der Waals surface area (Å²) in [7, 11) is 0. The molecule has 0 aromatic rings. The SMILES string of the molecule is CC(=O)CC(=O)CC1(CC(=O)CC(C)=O)OCCO1. The number of Topliss-reactive ketones (excluding diaryl/α,β-unsaturated/α-hetero) is 4. The van der Waals surface area contributed by atoms with Gasteiger partial charge in [0.2, 0.25) is 0 Å². The highest BCUT2D eigenvalue weighted by Gasteiger charge is 2.40. The fraction of sp³-hybridized carbons (Fsp3) is 0.692. The second kappa shape index (κ2) is 6.68. The van der Waals surface area contributed by atoms with Crippen LogP contribution >= 0.6 is 0 Å².